The molecule has 0 aromatic heterocycles. The highest BCUT2D eigenvalue weighted by Gasteiger charge is 2.30. The minimum absolute atomic E-state index is 0.0633. The summed E-state index contributed by atoms with van der Waals surface area (Å²) in [6.45, 7) is 3.88. The molecule has 0 aliphatic heterocycles. The summed E-state index contributed by atoms with van der Waals surface area (Å²) in [5.74, 6) is -1.44. The molecule has 0 saturated carbocycles. The van der Waals surface area contributed by atoms with Crippen LogP contribution in [0.3, 0.4) is 0 Å². The van der Waals surface area contributed by atoms with Gasteiger partial charge in [0.15, 0.2) is 0 Å². The van der Waals surface area contributed by atoms with E-state index in [0.717, 1.165) is 22.3 Å². The van der Waals surface area contributed by atoms with Gasteiger partial charge in [-0.05, 0) is 35.1 Å². The van der Waals surface area contributed by atoms with E-state index in [1.165, 1.54) is 0 Å². The third kappa shape index (κ3) is 5.46. The zero-order valence-electron chi connectivity index (χ0n) is 18.5. The van der Waals surface area contributed by atoms with Crippen molar-refractivity contribution in [2.24, 2.45) is 0 Å². The molecule has 1 aliphatic rings. The third-order valence-electron chi connectivity index (χ3n) is 5.79. The summed E-state index contributed by atoms with van der Waals surface area (Å²) in [7, 11) is 0. The number of aliphatic carboxylic acids is 1. The van der Waals surface area contributed by atoms with E-state index in [2.05, 4.69) is 22.8 Å². The molecule has 3 rings (SSSR count). The lowest BCUT2D eigenvalue weighted by Crippen LogP contribution is -2.50. The lowest BCUT2D eigenvalue weighted by Gasteiger charge is -2.22. The summed E-state index contributed by atoms with van der Waals surface area (Å²) in [5.41, 5.74) is 4.52. The van der Waals surface area contributed by atoms with Gasteiger partial charge in [-0.1, -0.05) is 68.8 Å². The zero-order valence-corrected chi connectivity index (χ0v) is 18.5. The quantitative estimate of drug-likeness (QED) is 0.519. The van der Waals surface area contributed by atoms with Crippen molar-refractivity contribution in [3.8, 4) is 11.1 Å². The number of amides is 2. The van der Waals surface area contributed by atoms with Gasteiger partial charge in [-0.15, -0.1) is 0 Å². The van der Waals surface area contributed by atoms with Crippen LogP contribution in [0.5, 0.6) is 0 Å². The third-order valence-corrected chi connectivity index (χ3v) is 5.79. The van der Waals surface area contributed by atoms with Crippen LogP contribution in [-0.4, -0.2) is 41.8 Å². The Kier molecular flexibility index (Phi) is 7.87. The van der Waals surface area contributed by atoms with Crippen molar-refractivity contribution in [1.82, 2.24) is 10.6 Å². The summed E-state index contributed by atoms with van der Waals surface area (Å²) in [5, 5.41) is 14.4. The maximum absolute atomic E-state index is 12.6. The molecule has 0 bridgehead atoms. The minimum atomic E-state index is -0.978. The molecule has 0 radical (unpaired) electrons. The van der Waals surface area contributed by atoms with Crippen molar-refractivity contribution in [3.05, 3.63) is 59.7 Å². The van der Waals surface area contributed by atoms with Crippen LogP contribution in [0.1, 0.15) is 56.6 Å². The summed E-state index contributed by atoms with van der Waals surface area (Å²) in [6.07, 6.45) is 0.775. The SMILES string of the molecule is CCCC(NC(=O)OCC1c2ccccc2-c2ccccc21)C(=O)NC(CC)CC(=O)O. The molecule has 0 saturated heterocycles. The van der Waals surface area contributed by atoms with Gasteiger partial charge in [-0.2, -0.15) is 0 Å². The number of hydrogen-bond donors (Lipinski definition) is 3. The van der Waals surface area contributed by atoms with E-state index >= 15 is 0 Å². The topological polar surface area (TPSA) is 105 Å². The molecule has 2 amide bonds. The Morgan fingerprint density at radius 3 is 2.09 bits per heavy atom. The van der Waals surface area contributed by atoms with E-state index < -0.39 is 30.1 Å². The second kappa shape index (κ2) is 10.8. The summed E-state index contributed by atoms with van der Waals surface area (Å²) >= 11 is 0. The predicted octanol–water partition coefficient (Wildman–Crippen LogP) is 4.06. The Labute approximate surface area is 188 Å². The van der Waals surface area contributed by atoms with Crippen LogP contribution >= 0.6 is 0 Å². The number of rotatable bonds is 10. The Morgan fingerprint density at radius 1 is 0.969 bits per heavy atom. The van der Waals surface area contributed by atoms with Crippen LogP contribution in [0.25, 0.3) is 11.1 Å². The number of carboxylic acid groups (broad SMARTS) is 1. The second-order valence-corrected chi connectivity index (χ2v) is 8.02. The van der Waals surface area contributed by atoms with Crippen LogP contribution < -0.4 is 10.6 Å². The van der Waals surface area contributed by atoms with E-state index in [9.17, 15) is 14.4 Å². The van der Waals surface area contributed by atoms with Gasteiger partial charge in [0.1, 0.15) is 12.6 Å². The van der Waals surface area contributed by atoms with Gasteiger partial charge in [0, 0.05) is 12.0 Å². The number of alkyl carbamates (subject to hydrolysis) is 1. The molecule has 2 atom stereocenters. The van der Waals surface area contributed by atoms with E-state index in [4.69, 9.17) is 9.84 Å². The van der Waals surface area contributed by atoms with Gasteiger partial charge in [-0.25, -0.2) is 4.79 Å². The fraction of sp³-hybridized carbons (Fsp3) is 0.400. The fourth-order valence-electron chi connectivity index (χ4n) is 4.15. The van der Waals surface area contributed by atoms with E-state index in [0.29, 0.717) is 19.3 Å². The smallest absolute Gasteiger partial charge is 0.407 e. The molecule has 1 aliphatic carbocycles. The first-order chi connectivity index (χ1) is 15.4. The molecule has 0 fully saturated rings. The average molecular weight is 439 g/mol. The number of carbonyl (C=O) groups is 3. The highest BCUT2D eigenvalue weighted by Crippen LogP contribution is 2.44. The molecule has 32 heavy (non-hydrogen) atoms. The Morgan fingerprint density at radius 2 is 1.56 bits per heavy atom. The van der Waals surface area contributed by atoms with Crippen LogP contribution in [-0.2, 0) is 14.3 Å². The molecule has 2 unspecified atom stereocenters. The van der Waals surface area contributed by atoms with Crippen LogP contribution in [0.2, 0.25) is 0 Å². The maximum atomic E-state index is 12.6. The molecule has 170 valence electrons. The predicted molar refractivity (Wildman–Crippen MR) is 121 cm³/mol. The summed E-state index contributed by atoms with van der Waals surface area (Å²) < 4.78 is 5.54. The van der Waals surface area contributed by atoms with E-state index in [1.54, 1.807) is 0 Å². The molecule has 3 N–H and O–H groups in total. The zero-order chi connectivity index (χ0) is 23.1. The number of fused-ring (bicyclic) bond motifs is 3. The van der Waals surface area contributed by atoms with Crippen molar-refractivity contribution in [1.29, 1.82) is 0 Å². The van der Waals surface area contributed by atoms with Crippen molar-refractivity contribution in [3.63, 3.8) is 0 Å². The van der Waals surface area contributed by atoms with Gasteiger partial charge >= 0.3 is 12.1 Å². The molecule has 2 aromatic carbocycles. The average Bonchev–Trinajstić information content (AvgIpc) is 3.10. The van der Waals surface area contributed by atoms with Crippen molar-refractivity contribution < 1.29 is 24.2 Å². The fourth-order valence-corrected chi connectivity index (χ4v) is 4.15. The van der Waals surface area contributed by atoms with Gasteiger partial charge in [0.05, 0.1) is 6.42 Å². The van der Waals surface area contributed by atoms with Gasteiger partial charge in [0.2, 0.25) is 5.91 Å². The minimum Gasteiger partial charge on any atom is -0.481 e. The first-order valence-corrected chi connectivity index (χ1v) is 11.1. The molecule has 0 spiro atoms. The first kappa shape index (κ1) is 23.3. The van der Waals surface area contributed by atoms with Crippen LogP contribution in [0.4, 0.5) is 4.79 Å². The molecule has 2 aromatic rings. The van der Waals surface area contributed by atoms with Crippen molar-refractivity contribution in [2.45, 2.75) is 57.5 Å². The standard InChI is InChI=1S/C25H30N2O5/c1-3-9-22(24(30)26-16(4-2)14-23(28)29)27-25(31)32-15-21-19-12-7-5-10-17(19)18-11-6-8-13-20(18)21/h5-8,10-13,16,21-22H,3-4,9,14-15H2,1-2H3,(H,26,30)(H,27,31)(H,28,29). The molecule has 7 heteroatoms. The first-order valence-electron chi connectivity index (χ1n) is 11.1. The normalized spacial score (nSPS) is 14.1. The number of carbonyl (C=O) groups excluding carboxylic acids is 2. The lowest BCUT2D eigenvalue weighted by atomic mass is 9.98. The van der Waals surface area contributed by atoms with Gasteiger partial charge in [0.25, 0.3) is 0 Å². The highest BCUT2D eigenvalue weighted by atomic mass is 16.5. The molecule has 7 nitrogen and oxygen atoms in total. The van der Waals surface area contributed by atoms with E-state index in [1.807, 2.05) is 50.2 Å². The monoisotopic (exact) mass is 438 g/mol. The Balaban J connectivity index is 1.62. The molecular weight excluding hydrogens is 408 g/mol. The highest BCUT2D eigenvalue weighted by molar-refractivity contribution is 5.86. The van der Waals surface area contributed by atoms with Crippen LogP contribution in [0.15, 0.2) is 48.5 Å². The van der Waals surface area contributed by atoms with Crippen molar-refractivity contribution >= 4 is 18.0 Å². The van der Waals surface area contributed by atoms with Crippen LogP contribution in [0, 0.1) is 0 Å². The molecule has 0 heterocycles. The second-order valence-electron chi connectivity index (χ2n) is 8.02. The summed E-state index contributed by atoms with van der Waals surface area (Å²) in [6, 6.07) is 14.9. The number of ether oxygens (including phenoxy) is 1. The van der Waals surface area contributed by atoms with Gasteiger partial charge < -0.3 is 20.5 Å². The number of hydrogen-bond acceptors (Lipinski definition) is 4. The maximum Gasteiger partial charge on any atom is 0.407 e. The number of nitrogens with one attached hydrogen (secondary N) is 2. The molecular formula is C25H30N2O5. The number of benzene rings is 2. The lowest BCUT2D eigenvalue weighted by molar-refractivity contribution is -0.137. The Hall–Kier alpha value is -3.35. The Bertz CT molecular complexity index is 929. The van der Waals surface area contributed by atoms with E-state index in [-0.39, 0.29) is 18.9 Å². The van der Waals surface area contributed by atoms with Crippen molar-refractivity contribution in [2.75, 3.05) is 6.61 Å². The largest absolute Gasteiger partial charge is 0.481 e. The number of carboxylic acids is 1. The summed E-state index contributed by atoms with van der Waals surface area (Å²) in [4.78, 5) is 36.1. The van der Waals surface area contributed by atoms with Gasteiger partial charge in [-0.3, -0.25) is 9.59 Å².